The first-order valence-electron chi connectivity index (χ1n) is 7.88. The highest BCUT2D eigenvalue weighted by atomic mass is 16.6. The second-order valence-corrected chi connectivity index (χ2v) is 7.07. The van der Waals surface area contributed by atoms with E-state index in [4.69, 9.17) is 4.74 Å². The molecule has 0 saturated heterocycles. The molecule has 0 saturated carbocycles. The molecule has 22 heavy (non-hydrogen) atoms. The number of nitrogens with zero attached hydrogens (tertiary/aromatic N) is 2. The maximum atomic E-state index is 12.1. The Morgan fingerprint density at radius 2 is 2.05 bits per heavy atom. The molecule has 1 aliphatic heterocycles. The second kappa shape index (κ2) is 6.51. The Bertz CT molecular complexity index is 571. The lowest BCUT2D eigenvalue weighted by molar-refractivity contribution is 0.0270. The lowest BCUT2D eigenvalue weighted by atomic mass is 9.97. The van der Waals surface area contributed by atoms with E-state index >= 15 is 0 Å². The summed E-state index contributed by atoms with van der Waals surface area (Å²) in [5.41, 5.74) is 3.22. The summed E-state index contributed by atoms with van der Waals surface area (Å²) in [6, 6.07) is 2.20. The van der Waals surface area contributed by atoms with Crippen molar-refractivity contribution in [2.24, 2.45) is 0 Å². The Morgan fingerprint density at radius 1 is 1.32 bits per heavy atom. The van der Waals surface area contributed by atoms with E-state index in [1.54, 1.807) is 4.90 Å². The molecule has 0 atom stereocenters. The maximum absolute atomic E-state index is 12.1. The van der Waals surface area contributed by atoms with Crippen LogP contribution in [0.2, 0.25) is 0 Å². The van der Waals surface area contributed by atoms with Gasteiger partial charge in [-0.2, -0.15) is 0 Å². The standard InChI is InChI=1S/C18H26N2O2/c1-13(2)15-10-16(12-19-11-15)14-6-8-20(9-7-14)17(21)22-18(3,4)5/h6,10-13H,7-9H2,1-5H3. The van der Waals surface area contributed by atoms with E-state index in [-0.39, 0.29) is 6.09 Å². The number of ether oxygens (including phenoxy) is 1. The van der Waals surface area contributed by atoms with E-state index in [0.717, 1.165) is 12.0 Å². The van der Waals surface area contributed by atoms with E-state index in [0.29, 0.717) is 19.0 Å². The number of rotatable bonds is 2. The van der Waals surface area contributed by atoms with Crippen molar-refractivity contribution in [3.05, 3.63) is 35.7 Å². The third kappa shape index (κ3) is 4.33. The summed E-state index contributed by atoms with van der Waals surface area (Å²) in [4.78, 5) is 18.1. The zero-order valence-corrected chi connectivity index (χ0v) is 14.2. The summed E-state index contributed by atoms with van der Waals surface area (Å²) in [7, 11) is 0. The van der Waals surface area contributed by atoms with Crippen LogP contribution in [-0.4, -0.2) is 34.7 Å². The van der Waals surface area contributed by atoms with Crippen LogP contribution in [0.5, 0.6) is 0 Å². The third-order valence-electron chi connectivity index (χ3n) is 3.66. The van der Waals surface area contributed by atoms with E-state index in [1.807, 2.05) is 33.2 Å². The quantitative estimate of drug-likeness (QED) is 0.821. The van der Waals surface area contributed by atoms with Gasteiger partial charge in [0.1, 0.15) is 5.60 Å². The Labute approximate surface area is 133 Å². The van der Waals surface area contributed by atoms with Crippen molar-refractivity contribution in [3.8, 4) is 0 Å². The molecule has 1 amide bonds. The van der Waals surface area contributed by atoms with Crippen LogP contribution in [0.15, 0.2) is 24.5 Å². The van der Waals surface area contributed by atoms with Gasteiger partial charge in [-0.05, 0) is 55.9 Å². The van der Waals surface area contributed by atoms with Crippen LogP contribution in [0.3, 0.4) is 0 Å². The molecule has 0 aromatic carbocycles. The molecule has 4 heteroatoms. The number of hydrogen-bond acceptors (Lipinski definition) is 3. The van der Waals surface area contributed by atoms with Crippen molar-refractivity contribution in [2.75, 3.05) is 13.1 Å². The van der Waals surface area contributed by atoms with Gasteiger partial charge < -0.3 is 9.64 Å². The van der Waals surface area contributed by atoms with Crippen LogP contribution in [-0.2, 0) is 4.74 Å². The zero-order valence-electron chi connectivity index (χ0n) is 14.2. The molecule has 0 unspecified atom stereocenters. The van der Waals surface area contributed by atoms with Gasteiger partial charge in [0.05, 0.1) is 0 Å². The van der Waals surface area contributed by atoms with Crippen molar-refractivity contribution < 1.29 is 9.53 Å². The van der Waals surface area contributed by atoms with Gasteiger partial charge in [0.15, 0.2) is 0 Å². The zero-order chi connectivity index (χ0) is 16.3. The Kier molecular flexibility index (Phi) is 4.89. The molecule has 4 nitrogen and oxygen atoms in total. The van der Waals surface area contributed by atoms with Crippen molar-refractivity contribution in [2.45, 2.75) is 52.6 Å². The summed E-state index contributed by atoms with van der Waals surface area (Å²) >= 11 is 0. The Morgan fingerprint density at radius 3 is 2.59 bits per heavy atom. The minimum atomic E-state index is -0.448. The first-order chi connectivity index (χ1) is 10.3. The first-order valence-corrected chi connectivity index (χ1v) is 7.88. The number of amides is 1. The molecule has 120 valence electrons. The molecule has 0 spiro atoms. The molecular formula is C18H26N2O2. The SMILES string of the molecule is CC(C)c1cncc(C2=CCN(C(=O)OC(C)(C)C)CC2)c1. The minimum Gasteiger partial charge on any atom is -0.444 e. The third-order valence-corrected chi connectivity index (χ3v) is 3.66. The van der Waals surface area contributed by atoms with Crippen LogP contribution in [0.4, 0.5) is 4.79 Å². The molecule has 1 aromatic rings. The van der Waals surface area contributed by atoms with Crippen LogP contribution in [0.25, 0.3) is 5.57 Å². The van der Waals surface area contributed by atoms with Crippen LogP contribution in [0.1, 0.15) is 58.1 Å². The summed E-state index contributed by atoms with van der Waals surface area (Å²) in [5.74, 6) is 0.468. The van der Waals surface area contributed by atoms with Gasteiger partial charge >= 0.3 is 6.09 Å². The van der Waals surface area contributed by atoms with Gasteiger partial charge in [-0.25, -0.2) is 4.79 Å². The van der Waals surface area contributed by atoms with Gasteiger partial charge in [0.2, 0.25) is 0 Å². The topological polar surface area (TPSA) is 42.4 Å². The van der Waals surface area contributed by atoms with Crippen LogP contribution < -0.4 is 0 Å². The average molecular weight is 302 g/mol. The largest absolute Gasteiger partial charge is 0.444 e. The maximum Gasteiger partial charge on any atom is 0.410 e. The Hall–Kier alpha value is -1.84. The highest BCUT2D eigenvalue weighted by Gasteiger charge is 2.23. The lowest BCUT2D eigenvalue weighted by Crippen LogP contribution is -2.39. The molecule has 1 aliphatic rings. The number of carbonyl (C=O) groups excluding carboxylic acids is 1. The lowest BCUT2D eigenvalue weighted by Gasteiger charge is -2.29. The molecule has 2 rings (SSSR count). The smallest absolute Gasteiger partial charge is 0.410 e. The summed E-state index contributed by atoms with van der Waals surface area (Å²) in [5, 5.41) is 0. The molecule has 0 N–H and O–H groups in total. The van der Waals surface area contributed by atoms with Crippen molar-refractivity contribution in [1.29, 1.82) is 0 Å². The molecule has 0 bridgehead atoms. The van der Waals surface area contributed by atoms with Crippen LogP contribution in [0, 0.1) is 0 Å². The van der Waals surface area contributed by atoms with E-state index in [9.17, 15) is 4.79 Å². The molecule has 2 heterocycles. The minimum absolute atomic E-state index is 0.239. The molecule has 0 radical (unpaired) electrons. The molecular weight excluding hydrogens is 276 g/mol. The summed E-state index contributed by atoms with van der Waals surface area (Å²) < 4.78 is 5.41. The van der Waals surface area contributed by atoms with Crippen molar-refractivity contribution in [1.82, 2.24) is 9.88 Å². The first kappa shape index (κ1) is 16.5. The van der Waals surface area contributed by atoms with Crippen molar-refractivity contribution >= 4 is 11.7 Å². The number of hydrogen-bond donors (Lipinski definition) is 0. The average Bonchev–Trinajstić information content (AvgIpc) is 2.46. The highest BCUT2D eigenvalue weighted by molar-refractivity contribution is 5.72. The van der Waals surface area contributed by atoms with Crippen molar-refractivity contribution in [3.63, 3.8) is 0 Å². The highest BCUT2D eigenvalue weighted by Crippen LogP contribution is 2.25. The van der Waals surface area contributed by atoms with Crippen LogP contribution >= 0.6 is 0 Å². The van der Waals surface area contributed by atoms with Gasteiger partial charge in [-0.15, -0.1) is 0 Å². The number of pyridine rings is 1. The summed E-state index contributed by atoms with van der Waals surface area (Å²) in [6.07, 6.45) is 6.53. The van der Waals surface area contributed by atoms with Gasteiger partial charge in [0.25, 0.3) is 0 Å². The number of aromatic nitrogens is 1. The van der Waals surface area contributed by atoms with E-state index in [1.165, 1.54) is 11.1 Å². The normalized spacial score (nSPS) is 15.7. The fourth-order valence-electron chi connectivity index (χ4n) is 2.37. The molecule has 0 aliphatic carbocycles. The molecule has 0 fully saturated rings. The summed E-state index contributed by atoms with van der Waals surface area (Å²) in [6.45, 7) is 11.3. The Balaban J connectivity index is 2.05. The second-order valence-electron chi connectivity index (χ2n) is 7.07. The predicted molar refractivity (Wildman–Crippen MR) is 88.7 cm³/mol. The van der Waals surface area contributed by atoms with Gasteiger partial charge in [0, 0.05) is 25.5 Å². The monoisotopic (exact) mass is 302 g/mol. The number of carbonyl (C=O) groups is 1. The fraction of sp³-hybridized carbons (Fsp3) is 0.556. The molecule has 1 aromatic heterocycles. The van der Waals surface area contributed by atoms with Gasteiger partial charge in [-0.1, -0.05) is 19.9 Å². The van der Waals surface area contributed by atoms with Gasteiger partial charge in [-0.3, -0.25) is 4.98 Å². The van der Waals surface area contributed by atoms with E-state index in [2.05, 4.69) is 31.0 Å². The van der Waals surface area contributed by atoms with E-state index < -0.39 is 5.60 Å². The predicted octanol–water partition coefficient (Wildman–Crippen LogP) is 4.23. The fourth-order valence-corrected chi connectivity index (χ4v) is 2.37.